The minimum atomic E-state index is -3.59. The molecule has 0 bridgehead atoms. The van der Waals surface area contributed by atoms with Crippen molar-refractivity contribution in [2.75, 3.05) is 0 Å². The Labute approximate surface area is 84.3 Å². The lowest BCUT2D eigenvalue weighted by Gasteiger charge is -2.11. The maximum Gasteiger partial charge on any atom is 0.274 e. The van der Waals surface area contributed by atoms with Gasteiger partial charge in [-0.25, -0.2) is 5.14 Å². The Morgan fingerprint density at radius 3 is 2.43 bits per heavy atom. The van der Waals surface area contributed by atoms with Crippen molar-refractivity contribution in [3.8, 4) is 0 Å². The van der Waals surface area contributed by atoms with E-state index in [1.54, 1.807) is 6.92 Å². The molecule has 0 aliphatic heterocycles. The second kappa shape index (κ2) is 4.54. The monoisotopic (exact) mass is 214 g/mol. The Morgan fingerprint density at radius 1 is 1.36 bits per heavy atom. The minimum Gasteiger partial charge on any atom is -0.216 e. The Balaban J connectivity index is 2.54. The fourth-order valence-electron chi connectivity index (χ4n) is 1.29. The van der Waals surface area contributed by atoms with E-state index in [0.717, 1.165) is 5.56 Å². The van der Waals surface area contributed by atoms with E-state index in [1.807, 2.05) is 30.3 Å². The lowest BCUT2D eigenvalue weighted by molar-refractivity contribution is 0.561. The van der Waals surface area contributed by atoms with Gasteiger partial charge in [0.2, 0.25) is 0 Å². The highest BCUT2D eigenvalue weighted by Gasteiger charge is 2.08. The van der Waals surface area contributed by atoms with Crippen molar-refractivity contribution < 1.29 is 8.42 Å². The van der Waals surface area contributed by atoms with Gasteiger partial charge in [-0.3, -0.25) is 0 Å². The normalized spacial score (nSPS) is 13.9. The first kappa shape index (κ1) is 11.2. The zero-order chi connectivity index (χ0) is 10.6. The highest BCUT2D eigenvalue weighted by molar-refractivity contribution is 7.87. The predicted octanol–water partition coefficient (Wildman–Crippen LogP) is 0.411. The molecule has 4 nitrogen and oxygen atoms in total. The Kier molecular flexibility index (Phi) is 3.62. The molecule has 0 spiro atoms. The van der Waals surface area contributed by atoms with Gasteiger partial charge in [0.05, 0.1) is 0 Å². The fourth-order valence-corrected chi connectivity index (χ4v) is 1.93. The Morgan fingerprint density at radius 2 is 1.93 bits per heavy atom. The predicted molar refractivity (Wildman–Crippen MR) is 55.9 cm³/mol. The molecule has 1 aromatic carbocycles. The third-order valence-corrected chi connectivity index (χ3v) is 2.48. The Bertz CT molecular complexity index is 375. The summed E-state index contributed by atoms with van der Waals surface area (Å²) in [6.07, 6.45) is 0.636. The molecule has 0 aliphatic carbocycles. The van der Waals surface area contributed by atoms with E-state index in [4.69, 9.17) is 5.14 Å². The van der Waals surface area contributed by atoms with Crippen LogP contribution in [0.25, 0.3) is 0 Å². The van der Waals surface area contributed by atoms with Crippen molar-refractivity contribution in [2.45, 2.75) is 19.4 Å². The zero-order valence-corrected chi connectivity index (χ0v) is 8.79. The van der Waals surface area contributed by atoms with E-state index < -0.39 is 10.2 Å². The molecule has 0 radical (unpaired) electrons. The first-order chi connectivity index (χ1) is 6.47. The number of rotatable bonds is 4. The van der Waals surface area contributed by atoms with Crippen molar-refractivity contribution in [2.24, 2.45) is 5.14 Å². The van der Waals surface area contributed by atoms with Crippen LogP contribution in [0.4, 0.5) is 0 Å². The van der Waals surface area contributed by atoms with E-state index in [-0.39, 0.29) is 6.04 Å². The molecule has 1 unspecified atom stereocenters. The number of hydrogen-bond donors (Lipinski definition) is 2. The molecular formula is C9H14N2O2S. The maximum atomic E-state index is 10.7. The number of hydrogen-bond acceptors (Lipinski definition) is 2. The summed E-state index contributed by atoms with van der Waals surface area (Å²) in [5.41, 5.74) is 1.08. The van der Waals surface area contributed by atoms with Crippen LogP contribution in [0, 0.1) is 0 Å². The second-order valence-electron chi connectivity index (χ2n) is 3.25. The third-order valence-electron chi connectivity index (χ3n) is 1.75. The standard InChI is InChI=1S/C9H14N2O2S/c1-8(11-14(10,12)13)7-9-5-3-2-4-6-9/h2-6,8,11H,7H2,1H3,(H2,10,12,13). The number of nitrogens with two attached hydrogens (primary N) is 1. The van der Waals surface area contributed by atoms with Crippen LogP contribution >= 0.6 is 0 Å². The van der Waals surface area contributed by atoms with E-state index in [0.29, 0.717) is 6.42 Å². The number of nitrogens with one attached hydrogen (secondary N) is 1. The highest BCUT2D eigenvalue weighted by atomic mass is 32.2. The SMILES string of the molecule is CC(Cc1ccccc1)NS(N)(=O)=O. The quantitative estimate of drug-likeness (QED) is 0.762. The highest BCUT2D eigenvalue weighted by Crippen LogP contribution is 2.02. The summed E-state index contributed by atoms with van der Waals surface area (Å²) < 4.78 is 23.7. The first-order valence-electron chi connectivity index (χ1n) is 4.31. The molecule has 0 heterocycles. The van der Waals surface area contributed by atoms with Crippen LogP contribution in [-0.4, -0.2) is 14.5 Å². The minimum absolute atomic E-state index is 0.188. The molecule has 1 rings (SSSR count). The molecule has 78 valence electrons. The average Bonchev–Trinajstić information content (AvgIpc) is 2.02. The molecule has 14 heavy (non-hydrogen) atoms. The largest absolute Gasteiger partial charge is 0.274 e. The summed E-state index contributed by atoms with van der Waals surface area (Å²) in [6.45, 7) is 1.78. The molecule has 0 saturated carbocycles. The van der Waals surface area contributed by atoms with Crippen molar-refractivity contribution in [1.82, 2.24) is 4.72 Å². The van der Waals surface area contributed by atoms with Gasteiger partial charge in [0.15, 0.2) is 0 Å². The smallest absolute Gasteiger partial charge is 0.216 e. The van der Waals surface area contributed by atoms with Gasteiger partial charge in [-0.2, -0.15) is 13.1 Å². The van der Waals surface area contributed by atoms with E-state index in [1.165, 1.54) is 0 Å². The van der Waals surface area contributed by atoms with Crippen LogP contribution in [0.1, 0.15) is 12.5 Å². The van der Waals surface area contributed by atoms with Crippen LogP contribution in [0.15, 0.2) is 30.3 Å². The van der Waals surface area contributed by atoms with Gasteiger partial charge in [0, 0.05) is 6.04 Å². The van der Waals surface area contributed by atoms with Crippen LogP contribution in [0.2, 0.25) is 0 Å². The summed E-state index contributed by atoms with van der Waals surface area (Å²) in [5, 5.41) is 4.85. The van der Waals surface area contributed by atoms with E-state index >= 15 is 0 Å². The molecule has 0 amide bonds. The maximum absolute atomic E-state index is 10.7. The summed E-state index contributed by atoms with van der Waals surface area (Å²) >= 11 is 0. The molecule has 1 atom stereocenters. The molecule has 1 aromatic rings. The van der Waals surface area contributed by atoms with Crippen LogP contribution in [0.3, 0.4) is 0 Å². The van der Waals surface area contributed by atoms with Crippen LogP contribution < -0.4 is 9.86 Å². The van der Waals surface area contributed by atoms with E-state index in [2.05, 4.69) is 4.72 Å². The van der Waals surface area contributed by atoms with Gasteiger partial charge in [-0.1, -0.05) is 30.3 Å². The Hall–Kier alpha value is -0.910. The fraction of sp³-hybridized carbons (Fsp3) is 0.333. The van der Waals surface area contributed by atoms with Crippen LogP contribution in [-0.2, 0) is 16.6 Å². The zero-order valence-electron chi connectivity index (χ0n) is 7.97. The van der Waals surface area contributed by atoms with Gasteiger partial charge < -0.3 is 0 Å². The molecule has 0 aliphatic rings. The van der Waals surface area contributed by atoms with Crippen molar-refractivity contribution in [3.05, 3.63) is 35.9 Å². The second-order valence-corrected chi connectivity index (χ2v) is 4.58. The molecular weight excluding hydrogens is 200 g/mol. The third kappa shape index (κ3) is 4.36. The van der Waals surface area contributed by atoms with Crippen molar-refractivity contribution in [1.29, 1.82) is 0 Å². The average molecular weight is 214 g/mol. The molecule has 0 aromatic heterocycles. The topological polar surface area (TPSA) is 72.2 Å². The molecule has 0 fully saturated rings. The lowest BCUT2D eigenvalue weighted by Crippen LogP contribution is -2.38. The molecule has 3 N–H and O–H groups in total. The first-order valence-corrected chi connectivity index (χ1v) is 5.86. The van der Waals surface area contributed by atoms with Gasteiger partial charge in [-0.05, 0) is 18.9 Å². The molecule has 5 heteroatoms. The summed E-state index contributed by atoms with van der Waals surface area (Å²) in [7, 11) is -3.59. The van der Waals surface area contributed by atoms with Gasteiger partial charge >= 0.3 is 0 Å². The summed E-state index contributed by atoms with van der Waals surface area (Å²) in [6, 6.07) is 9.45. The lowest BCUT2D eigenvalue weighted by atomic mass is 10.1. The summed E-state index contributed by atoms with van der Waals surface area (Å²) in [5.74, 6) is 0. The van der Waals surface area contributed by atoms with Crippen LogP contribution in [0.5, 0.6) is 0 Å². The summed E-state index contributed by atoms with van der Waals surface area (Å²) in [4.78, 5) is 0. The van der Waals surface area contributed by atoms with Crippen molar-refractivity contribution >= 4 is 10.2 Å². The van der Waals surface area contributed by atoms with E-state index in [9.17, 15) is 8.42 Å². The molecule has 0 saturated heterocycles. The van der Waals surface area contributed by atoms with Gasteiger partial charge in [-0.15, -0.1) is 0 Å². The van der Waals surface area contributed by atoms with Gasteiger partial charge in [0.25, 0.3) is 10.2 Å². The number of benzene rings is 1. The van der Waals surface area contributed by atoms with Crippen molar-refractivity contribution in [3.63, 3.8) is 0 Å². The van der Waals surface area contributed by atoms with Gasteiger partial charge in [0.1, 0.15) is 0 Å².